The summed E-state index contributed by atoms with van der Waals surface area (Å²) >= 11 is 0. The summed E-state index contributed by atoms with van der Waals surface area (Å²) in [6.07, 6.45) is 0. The lowest BCUT2D eigenvalue weighted by molar-refractivity contribution is 0.600. The van der Waals surface area contributed by atoms with E-state index < -0.39 is 10.0 Å². The number of hydrogen-bond donors (Lipinski definition) is 2. The maximum Gasteiger partial charge on any atom is 0.264 e. The molecule has 0 saturated carbocycles. The highest BCUT2D eigenvalue weighted by atomic mass is 32.2. The van der Waals surface area contributed by atoms with Crippen LogP contribution in [-0.2, 0) is 10.0 Å². The van der Waals surface area contributed by atoms with Gasteiger partial charge >= 0.3 is 0 Å². The van der Waals surface area contributed by atoms with Gasteiger partial charge in [-0.25, -0.2) is 13.5 Å². The lowest BCUT2D eigenvalue weighted by Crippen LogP contribution is -2.16. The number of aryl methyl sites for hydroxylation is 3. The maximum atomic E-state index is 13.1. The van der Waals surface area contributed by atoms with Crippen molar-refractivity contribution in [2.24, 2.45) is 0 Å². The van der Waals surface area contributed by atoms with E-state index in [4.69, 9.17) is 0 Å². The first-order valence-corrected chi connectivity index (χ1v) is 9.93. The lowest BCUT2D eigenvalue weighted by Gasteiger charge is -2.15. The molecule has 0 saturated heterocycles. The van der Waals surface area contributed by atoms with Gasteiger partial charge in [0.1, 0.15) is 0 Å². The van der Waals surface area contributed by atoms with E-state index in [2.05, 4.69) is 14.9 Å². The lowest BCUT2D eigenvalue weighted by atomic mass is 10.0. The van der Waals surface area contributed by atoms with Crippen molar-refractivity contribution in [1.82, 2.24) is 10.2 Å². The van der Waals surface area contributed by atoms with E-state index in [1.165, 1.54) is 6.07 Å². The van der Waals surface area contributed by atoms with Gasteiger partial charge in [-0.15, -0.1) is 0 Å². The molecule has 6 nitrogen and oxygen atoms in total. The van der Waals surface area contributed by atoms with Crippen LogP contribution in [0.15, 0.2) is 52.2 Å². The molecule has 0 atom stereocenters. The number of rotatable bonds is 4. The molecule has 0 unspecified atom stereocenters. The largest absolute Gasteiger partial charge is 0.279 e. The van der Waals surface area contributed by atoms with Crippen molar-refractivity contribution in [2.75, 3.05) is 4.72 Å². The molecule has 27 heavy (non-hydrogen) atoms. The Labute approximate surface area is 158 Å². The van der Waals surface area contributed by atoms with E-state index in [1.54, 1.807) is 25.1 Å². The Hall–Kier alpha value is -2.93. The summed E-state index contributed by atoms with van der Waals surface area (Å²) in [5.41, 5.74) is 4.76. The van der Waals surface area contributed by atoms with Crippen LogP contribution in [0, 0.1) is 27.7 Å². The van der Waals surface area contributed by atoms with Gasteiger partial charge in [0.2, 0.25) is 0 Å². The number of hydrogen-bond acceptors (Lipinski definition) is 4. The molecule has 2 N–H and O–H groups in total. The molecule has 3 aromatic rings. The Bertz CT molecular complexity index is 1160. The third-order valence-corrected chi connectivity index (χ3v) is 6.00. The molecule has 140 valence electrons. The second kappa shape index (κ2) is 7.00. The van der Waals surface area contributed by atoms with Crippen LogP contribution in [0.5, 0.6) is 0 Å². The Kier molecular flexibility index (Phi) is 4.89. The highest BCUT2D eigenvalue weighted by Gasteiger charge is 2.20. The number of H-pyrrole nitrogens is 1. The van der Waals surface area contributed by atoms with Gasteiger partial charge in [-0.3, -0.25) is 9.52 Å². The van der Waals surface area contributed by atoms with Gasteiger partial charge in [-0.05, 0) is 68.7 Å². The van der Waals surface area contributed by atoms with Crippen LogP contribution in [0.3, 0.4) is 0 Å². The van der Waals surface area contributed by atoms with Crippen LogP contribution >= 0.6 is 0 Å². The topological polar surface area (TPSA) is 91.9 Å². The van der Waals surface area contributed by atoms with E-state index in [9.17, 15) is 13.2 Å². The molecule has 0 fully saturated rings. The average Bonchev–Trinajstić information content (AvgIpc) is 2.60. The van der Waals surface area contributed by atoms with Crippen LogP contribution in [0.4, 0.5) is 5.69 Å². The SMILES string of the molecule is Cc1ccc(NS(=O)(=O)c2cc(-c3ccc(=O)[nH]n3)cc(C)c2C)c(C)c1. The number of nitrogens with one attached hydrogen (secondary N) is 2. The normalized spacial score (nSPS) is 11.4. The molecule has 2 aromatic carbocycles. The Balaban J connectivity index is 2.09. The third-order valence-electron chi connectivity index (χ3n) is 4.51. The molecule has 0 bridgehead atoms. The molecule has 0 aliphatic heterocycles. The zero-order chi connectivity index (χ0) is 19.8. The fraction of sp³-hybridized carbons (Fsp3) is 0.200. The van der Waals surface area contributed by atoms with E-state index in [0.29, 0.717) is 22.5 Å². The Morgan fingerprint density at radius 3 is 2.30 bits per heavy atom. The van der Waals surface area contributed by atoms with Gasteiger partial charge in [0.05, 0.1) is 16.3 Å². The minimum Gasteiger partial charge on any atom is -0.279 e. The summed E-state index contributed by atoms with van der Waals surface area (Å²) < 4.78 is 28.8. The second-order valence-electron chi connectivity index (χ2n) is 6.65. The first-order valence-electron chi connectivity index (χ1n) is 8.45. The average molecular weight is 383 g/mol. The van der Waals surface area contributed by atoms with Gasteiger partial charge in [0.15, 0.2) is 0 Å². The Morgan fingerprint density at radius 2 is 1.67 bits per heavy atom. The highest BCUT2D eigenvalue weighted by Crippen LogP contribution is 2.28. The third kappa shape index (κ3) is 3.93. The Morgan fingerprint density at radius 1 is 0.926 bits per heavy atom. The molecule has 7 heteroatoms. The van der Waals surface area contributed by atoms with Crippen LogP contribution < -0.4 is 10.3 Å². The minimum absolute atomic E-state index is 0.186. The molecule has 0 aliphatic rings. The monoisotopic (exact) mass is 383 g/mol. The van der Waals surface area contributed by atoms with Gasteiger partial charge in [-0.2, -0.15) is 5.10 Å². The fourth-order valence-electron chi connectivity index (χ4n) is 2.89. The maximum absolute atomic E-state index is 13.1. The molecule has 1 heterocycles. The van der Waals surface area contributed by atoms with Gasteiger partial charge in [-0.1, -0.05) is 17.7 Å². The highest BCUT2D eigenvalue weighted by molar-refractivity contribution is 7.92. The predicted molar refractivity (Wildman–Crippen MR) is 106 cm³/mol. The number of sulfonamides is 1. The number of anilines is 1. The number of benzene rings is 2. The van der Waals surface area contributed by atoms with Crippen molar-refractivity contribution in [2.45, 2.75) is 32.6 Å². The summed E-state index contributed by atoms with van der Waals surface area (Å²) in [6.45, 7) is 7.44. The summed E-state index contributed by atoms with van der Waals surface area (Å²) in [4.78, 5) is 11.4. The second-order valence-corrected chi connectivity index (χ2v) is 8.30. The molecule has 1 aromatic heterocycles. The van der Waals surface area contributed by atoms with E-state index in [1.807, 2.05) is 39.0 Å². The summed E-state index contributed by atoms with van der Waals surface area (Å²) in [5.74, 6) is 0. The van der Waals surface area contributed by atoms with E-state index in [-0.39, 0.29) is 10.5 Å². The zero-order valence-corrected chi connectivity index (χ0v) is 16.4. The molecule has 0 radical (unpaired) electrons. The summed E-state index contributed by atoms with van der Waals surface area (Å²) in [5, 5.41) is 6.37. The van der Waals surface area contributed by atoms with Crippen molar-refractivity contribution < 1.29 is 8.42 Å². The van der Waals surface area contributed by atoms with Crippen molar-refractivity contribution in [1.29, 1.82) is 0 Å². The van der Waals surface area contributed by atoms with Crippen molar-refractivity contribution >= 4 is 15.7 Å². The van der Waals surface area contributed by atoms with E-state index >= 15 is 0 Å². The smallest absolute Gasteiger partial charge is 0.264 e. The van der Waals surface area contributed by atoms with Crippen molar-refractivity contribution in [3.63, 3.8) is 0 Å². The number of nitrogens with zero attached hydrogens (tertiary/aromatic N) is 1. The molecule has 3 rings (SSSR count). The zero-order valence-electron chi connectivity index (χ0n) is 15.6. The molecular formula is C20H21N3O3S. The van der Waals surface area contributed by atoms with Crippen LogP contribution in [-0.4, -0.2) is 18.6 Å². The number of aromatic nitrogens is 2. The van der Waals surface area contributed by atoms with Gasteiger partial charge < -0.3 is 0 Å². The fourth-order valence-corrected chi connectivity index (χ4v) is 4.36. The van der Waals surface area contributed by atoms with Crippen LogP contribution in [0.25, 0.3) is 11.3 Å². The van der Waals surface area contributed by atoms with Crippen molar-refractivity contribution in [3.8, 4) is 11.3 Å². The standard InChI is InChI=1S/C20H21N3O3S/c1-12-5-6-17(14(3)9-12)23-27(25,26)19-11-16(10-13(2)15(19)4)18-7-8-20(24)22-21-18/h5-11,23H,1-4H3,(H,22,24). The predicted octanol–water partition coefficient (Wildman–Crippen LogP) is 3.47. The van der Waals surface area contributed by atoms with Gasteiger partial charge in [0.25, 0.3) is 15.6 Å². The summed E-state index contributed by atoms with van der Waals surface area (Å²) in [6, 6.07) is 11.9. The first kappa shape index (κ1) is 18.8. The number of aromatic amines is 1. The molecule has 0 amide bonds. The molecular weight excluding hydrogens is 362 g/mol. The van der Waals surface area contributed by atoms with Crippen LogP contribution in [0.2, 0.25) is 0 Å². The summed E-state index contributed by atoms with van der Waals surface area (Å²) in [7, 11) is -3.79. The quantitative estimate of drug-likeness (QED) is 0.721. The van der Waals surface area contributed by atoms with Crippen molar-refractivity contribution in [3.05, 3.63) is 75.1 Å². The first-order chi connectivity index (χ1) is 12.7. The van der Waals surface area contributed by atoms with E-state index in [0.717, 1.165) is 16.7 Å². The minimum atomic E-state index is -3.79. The van der Waals surface area contributed by atoms with Gasteiger partial charge in [0, 0.05) is 11.6 Å². The molecule has 0 aliphatic carbocycles. The molecule has 0 spiro atoms. The van der Waals surface area contributed by atoms with Crippen LogP contribution in [0.1, 0.15) is 22.3 Å².